The molecule has 0 aliphatic heterocycles. The molecule has 134 valence electrons. The molecule has 2 N–H and O–H groups in total. The minimum absolute atomic E-state index is 0.0116. The Morgan fingerprint density at radius 2 is 1.96 bits per heavy atom. The molecule has 1 aromatic carbocycles. The van der Waals surface area contributed by atoms with Crippen molar-refractivity contribution >= 4 is 46.0 Å². The van der Waals surface area contributed by atoms with Gasteiger partial charge in [-0.2, -0.15) is 13.2 Å². The van der Waals surface area contributed by atoms with Crippen LogP contribution in [-0.4, -0.2) is 10.9 Å². The van der Waals surface area contributed by atoms with E-state index in [-0.39, 0.29) is 22.4 Å². The Balaban J connectivity index is 1.75. The predicted molar refractivity (Wildman–Crippen MR) is 96.2 cm³/mol. The summed E-state index contributed by atoms with van der Waals surface area (Å²) in [5.74, 6) is -0.0773. The number of nitrogens with one attached hydrogen (secondary N) is 2. The fourth-order valence-electron chi connectivity index (χ4n) is 2.14. The third kappa shape index (κ3) is 4.33. The number of thiophene rings is 1. The molecule has 2 aromatic heterocycles. The summed E-state index contributed by atoms with van der Waals surface area (Å²) in [6, 6.07) is 9.90. The van der Waals surface area contributed by atoms with Gasteiger partial charge in [-0.05, 0) is 41.8 Å². The smallest absolute Gasteiger partial charge is 0.340 e. The van der Waals surface area contributed by atoms with Gasteiger partial charge in [0.05, 0.1) is 28.0 Å². The van der Waals surface area contributed by atoms with E-state index < -0.39 is 11.7 Å². The third-order valence-electron chi connectivity index (χ3n) is 3.32. The average molecular weight is 398 g/mol. The van der Waals surface area contributed by atoms with Crippen molar-refractivity contribution in [3.8, 4) is 0 Å². The molecule has 1 amide bonds. The molecule has 0 fully saturated rings. The highest BCUT2D eigenvalue weighted by atomic mass is 35.5. The van der Waals surface area contributed by atoms with E-state index >= 15 is 0 Å². The number of amides is 1. The fraction of sp³-hybridized carbons (Fsp3) is 0.0588. The first kappa shape index (κ1) is 18.2. The summed E-state index contributed by atoms with van der Waals surface area (Å²) < 4.78 is 39.3. The molecule has 3 aromatic rings. The van der Waals surface area contributed by atoms with Crippen LogP contribution in [0.15, 0.2) is 54.0 Å². The molecule has 0 unspecified atom stereocenters. The van der Waals surface area contributed by atoms with Crippen LogP contribution in [0.1, 0.15) is 15.2 Å². The first-order valence-electron chi connectivity index (χ1n) is 7.27. The topological polar surface area (TPSA) is 54.0 Å². The number of aromatic nitrogens is 1. The van der Waals surface area contributed by atoms with Gasteiger partial charge in [-0.25, -0.2) is 4.98 Å². The van der Waals surface area contributed by atoms with Crippen LogP contribution in [0, 0.1) is 0 Å². The zero-order chi connectivity index (χ0) is 18.7. The maximum absolute atomic E-state index is 13.1. The second-order valence-corrected chi connectivity index (χ2v) is 6.56. The molecule has 0 aliphatic carbocycles. The largest absolute Gasteiger partial charge is 0.418 e. The number of halogens is 4. The SMILES string of the molecule is O=C(Nc1ccc(Nc2ccc(Cl)cc2C(F)(F)F)nc1)c1cccs1. The molecule has 0 atom stereocenters. The third-order valence-corrected chi connectivity index (χ3v) is 4.42. The first-order valence-corrected chi connectivity index (χ1v) is 8.53. The summed E-state index contributed by atoms with van der Waals surface area (Å²) in [6.45, 7) is 0. The van der Waals surface area contributed by atoms with E-state index in [1.54, 1.807) is 23.6 Å². The zero-order valence-electron chi connectivity index (χ0n) is 13.0. The molecule has 0 bridgehead atoms. The van der Waals surface area contributed by atoms with Crippen molar-refractivity contribution in [3.05, 3.63) is 69.5 Å². The molecule has 0 radical (unpaired) electrons. The normalized spacial score (nSPS) is 11.2. The Kier molecular flexibility index (Phi) is 5.15. The van der Waals surface area contributed by atoms with Gasteiger partial charge < -0.3 is 10.6 Å². The fourth-order valence-corrected chi connectivity index (χ4v) is 2.93. The average Bonchev–Trinajstić information content (AvgIpc) is 3.12. The number of carbonyl (C=O) groups is 1. The molecule has 0 saturated carbocycles. The summed E-state index contributed by atoms with van der Waals surface area (Å²) in [4.78, 5) is 16.5. The Labute approximate surface area is 155 Å². The molecule has 0 spiro atoms. The maximum atomic E-state index is 13.1. The van der Waals surface area contributed by atoms with Crippen molar-refractivity contribution in [2.75, 3.05) is 10.6 Å². The molecular formula is C17H11ClF3N3OS. The lowest BCUT2D eigenvalue weighted by Gasteiger charge is -2.14. The molecular weight excluding hydrogens is 387 g/mol. The van der Waals surface area contributed by atoms with E-state index in [1.807, 2.05) is 0 Å². The van der Waals surface area contributed by atoms with E-state index in [1.165, 1.54) is 35.7 Å². The number of alkyl halides is 3. The summed E-state index contributed by atoms with van der Waals surface area (Å²) in [5, 5.41) is 7.05. The van der Waals surface area contributed by atoms with Crippen LogP contribution < -0.4 is 10.6 Å². The number of hydrogen-bond donors (Lipinski definition) is 2. The van der Waals surface area contributed by atoms with Crippen molar-refractivity contribution in [1.82, 2.24) is 4.98 Å². The van der Waals surface area contributed by atoms with Gasteiger partial charge in [0, 0.05) is 5.02 Å². The predicted octanol–water partition coefficient (Wildman–Crippen LogP) is 5.81. The number of rotatable bonds is 4. The second-order valence-electron chi connectivity index (χ2n) is 5.18. The highest BCUT2D eigenvalue weighted by molar-refractivity contribution is 7.12. The summed E-state index contributed by atoms with van der Waals surface area (Å²) in [5.41, 5.74) is -0.618. The summed E-state index contributed by atoms with van der Waals surface area (Å²) >= 11 is 6.95. The molecule has 9 heteroatoms. The van der Waals surface area contributed by atoms with Crippen molar-refractivity contribution in [1.29, 1.82) is 0 Å². The number of benzene rings is 1. The Hall–Kier alpha value is -2.58. The number of hydrogen-bond acceptors (Lipinski definition) is 4. The van der Waals surface area contributed by atoms with Crippen LogP contribution in [0.25, 0.3) is 0 Å². The van der Waals surface area contributed by atoms with E-state index in [2.05, 4.69) is 15.6 Å². The molecule has 4 nitrogen and oxygen atoms in total. The minimum Gasteiger partial charge on any atom is -0.340 e. The first-order chi connectivity index (χ1) is 12.3. The number of pyridine rings is 1. The van der Waals surface area contributed by atoms with Crippen LogP contribution >= 0.6 is 22.9 Å². The zero-order valence-corrected chi connectivity index (χ0v) is 14.5. The van der Waals surface area contributed by atoms with Crippen LogP contribution in [-0.2, 0) is 6.18 Å². The number of anilines is 3. The van der Waals surface area contributed by atoms with Gasteiger partial charge in [0.15, 0.2) is 0 Å². The second kappa shape index (κ2) is 7.35. The lowest BCUT2D eigenvalue weighted by atomic mass is 10.1. The van der Waals surface area contributed by atoms with Crippen LogP contribution in [0.5, 0.6) is 0 Å². The van der Waals surface area contributed by atoms with E-state index in [9.17, 15) is 18.0 Å². The van der Waals surface area contributed by atoms with Crippen LogP contribution in [0.4, 0.5) is 30.4 Å². The summed E-state index contributed by atoms with van der Waals surface area (Å²) in [6.07, 6.45) is -3.20. The Morgan fingerprint density at radius 3 is 2.58 bits per heavy atom. The van der Waals surface area contributed by atoms with Crippen LogP contribution in [0.2, 0.25) is 5.02 Å². The lowest BCUT2D eigenvalue weighted by molar-refractivity contribution is -0.136. The molecule has 26 heavy (non-hydrogen) atoms. The van der Waals surface area contributed by atoms with Crippen LogP contribution in [0.3, 0.4) is 0 Å². The molecule has 2 heterocycles. The Morgan fingerprint density at radius 1 is 1.15 bits per heavy atom. The Bertz CT molecular complexity index is 912. The van der Waals surface area contributed by atoms with Crippen molar-refractivity contribution in [2.45, 2.75) is 6.18 Å². The van der Waals surface area contributed by atoms with E-state index in [0.29, 0.717) is 10.6 Å². The van der Waals surface area contributed by atoms with Gasteiger partial charge in [-0.1, -0.05) is 17.7 Å². The van der Waals surface area contributed by atoms with Gasteiger partial charge in [-0.3, -0.25) is 4.79 Å². The van der Waals surface area contributed by atoms with Gasteiger partial charge >= 0.3 is 6.18 Å². The maximum Gasteiger partial charge on any atom is 0.418 e. The van der Waals surface area contributed by atoms with E-state index in [0.717, 1.165) is 6.07 Å². The lowest BCUT2D eigenvalue weighted by Crippen LogP contribution is -2.11. The minimum atomic E-state index is -4.55. The van der Waals surface area contributed by atoms with E-state index in [4.69, 9.17) is 11.6 Å². The molecule has 0 saturated heterocycles. The highest BCUT2D eigenvalue weighted by Gasteiger charge is 2.33. The number of carbonyl (C=O) groups excluding carboxylic acids is 1. The van der Waals surface area contributed by atoms with Crippen molar-refractivity contribution in [3.63, 3.8) is 0 Å². The van der Waals surface area contributed by atoms with Crippen molar-refractivity contribution in [2.24, 2.45) is 0 Å². The van der Waals surface area contributed by atoms with Crippen molar-refractivity contribution < 1.29 is 18.0 Å². The molecule has 3 rings (SSSR count). The number of nitrogens with zero attached hydrogens (tertiary/aromatic N) is 1. The van der Waals surface area contributed by atoms with Gasteiger partial charge in [0.1, 0.15) is 5.82 Å². The highest BCUT2D eigenvalue weighted by Crippen LogP contribution is 2.37. The quantitative estimate of drug-likeness (QED) is 0.584. The van der Waals surface area contributed by atoms with Gasteiger partial charge in [0.2, 0.25) is 0 Å². The van der Waals surface area contributed by atoms with Gasteiger partial charge in [0.25, 0.3) is 5.91 Å². The monoisotopic (exact) mass is 397 g/mol. The standard InChI is InChI=1S/C17H11ClF3N3OS/c18-10-3-5-13(12(8-10)17(19,20)21)24-15-6-4-11(9-22-15)23-16(25)14-2-1-7-26-14/h1-9H,(H,22,24)(H,23,25). The summed E-state index contributed by atoms with van der Waals surface area (Å²) in [7, 11) is 0. The van der Waals surface area contributed by atoms with Gasteiger partial charge in [-0.15, -0.1) is 11.3 Å². The molecule has 0 aliphatic rings.